The van der Waals surface area contributed by atoms with Crippen molar-refractivity contribution in [2.45, 2.75) is 23.6 Å². The number of halogens is 4. The van der Waals surface area contributed by atoms with Crippen LogP contribution in [0.3, 0.4) is 0 Å². The van der Waals surface area contributed by atoms with Crippen LogP contribution in [0.1, 0.15) is 17.0 Å². The summed E-state index contributed by atoms with van der Waals surface area (Å²) in [6.45, 7) is 0. The van der Waals surface area contributed by atoms with Gasteiger partial charge in [-0.15, -0.1) is 0 Å². The van der Waals surface area contributed by atoms with Crippen LogP contribution >= 0.6 is 11.6 Å². The fourth-order valence-corrected chi connectivity index (χ4v) is 4.92. The molecule has 0 aromatic heterocycles. The molecule has 0 amide bonds. The summed E-state index contributed by atoms with van der Waals surface area (Å²) in [5, 5.41) is 0.457. The molecule has 1 fully saturated rings. The van der Waals surface area contributed by atoms with Crippen molar-refractivity contribution in [2.24, 2.45) is 0 Å². The minimum atomic E-state index is -4.38. The van der Waals surface area contributed by atoms with E-state index in [4.69, 9.17) is 11.6 Å². The van der Waals surface area contributed by atoms with Crippen LogP contribution < -0.4 is 4.90 Å². The zero-order valence-electron chi connectivity index (χ0n) is 14.1. The van der Waals surface area contributed by atoms with Crippen molar-refractivity contribution in [1.29, 1.82) is 0 Å². The molecule has 5 heteroatoms. The molecule has 0 saturated heterocycles. The fourth-order valence-electron chi connectivity index (χ4n) is 4.74. The van der Waals surface area contributed by atoms with Crippen LogP contribution in [0.25, 0.3) is 0 Å². The summed E-state index contributed by atoms with van der Waals surface area (Å²) in [5.41, 5.74) is 0.602. The van der Waals surface area contributed by atoms with Gasteiger partial charge in [0.15, 0.2) is 0 Å². The van der Waals surface area contributed by atoms with Gasteiger partial charge in [-0.25, -0.2) is 0 Å². The van der Waals surface area contributed by atoms with Crippen molar-refractivity contribution in [2.75, 3.05) is 4.90 Å². The summed E-state index contributed by atoms with van der Waals surface area (Å²) >= 11 is 6.15. The second-order valence-electron chi connectivity index (χ2n) is 7.06. The molecule has 136 valence electrons. The van der Waals surface area contributed by atoms with E-state index in [2.05, 4.69) is 0 Å². The number of para-hydroxylation sites is 1. The Morgan fingerprint density at radius 3 is 2.11 bits per heavy atom. The zero-order chi connectivity index (χ0) is 18.8. The molecule has 1 heterocycles. The number of rotatable bonds is 2. The van der Waals surface area contributed by atoms with Crippen LogP contribution in [0, 0.1) is 0 Å². The predicted molar refractivity (Wildman–Crippen MR) is 101 cm³/mol. The van der Waals surface area contributed by atoms with E-state index < -0.39 is 23.6 Å². The summed E-state index contributed by atoms with van der Waals surface area (Å²) in [6.07, 6.45) is -4.38. The van der Waals surface area contributed by atoms with E-state index in [1.807, 2.05) is 41.3 Å². The van der Waals surface area contributed by atoms with Crippen molar-refractivity contribution in [3.05, 3.63) is 95.0 Å². The summed E-state index contributed by atoms with van der Waals surface area (Å²) in [7, 11) is 0. The third-order valence-corrected chi connectivity index (χ3v) is 6.02. The molecule has 1 nitrogen and oxygen atoms in total. The summed E-state index contributed by atoms with van der Waals surface area (Å²) in [4.78, 5) is 1.83. The number of alkyl halides is 3. The monoisotopic (exact) mass is 385 g/mol. The molecule has 2 aliphatic rings. The second kappa shape index (κ2) is 5.52. The third kappa shape index (κ3) is 2.13. The Balaban J connectivity index is 1.76. The molecule has 3 aromatic carbocycles. The van der Waals surface area contributed by atoms with Crippen LogP contribution in [0.4, 0.5) is 24.5 Å². The summed E-state index contributed by atoms with van der Waals surface area (Å²) in [5.74, 6) is -0.672. The van der Waals surface area contributed by atoms with Gasteiger partial charge in [0.05, 0.1) is 6.04 Å². The lowest BCUT2D eigenvalue weighted by atomic mass is 9.87. The molecule has 0 bridgehead atoms. The zero-order valence-corrected chi connectivity index (χ0v) is 14.9. The van der Waals surface area contributed by atoms with E-state index in [1.54, 1.807) is 42.5 Å². The van der Waals surface area contributed by atoms with E-state index in [-0.39, 0.29) is 0 Å². The second-order valence-corrected chi connectivity index (χ2v) is 7.50. The van der Waals surface area contributed by atoms with Gasteiger partial charge in [0.1, 0.15) is 5.41 Å². The van der Waals surface area contributed by atoms with E-state index in [9.17, 15) is 13.2 Å². The van der Waals surface area contributed by atoms with Crippen molar-refractivity contribution >= 4 is 23.0 Å². The number of hydrogen-bond acceptors (Lipinski definition) is 1. The number of benzene rings is 3. The van der Waals surface area contributed by atoms with Crippen LogP contribution in [0.2, 0.25) is 5.02 Å². The van der Waals surface area contributed by atoms with Gasteiger partial charge in [0.25, 0.3) is 0 Å². The first-order chi connectivity index (χ1) is 13.0. The van der Waals surface area contributed by atoms with Gasteiger partial charge in [-0.2, -0.15) is 13.2 Å². The van der Waals surface area contributed by atoms with E-state index in [1.165, 1.54) is 0 Å². The Morgan fingerprint density at radius 2 is 1.48 bits per heavy atom. The molecule has 1 aliphatic heterocycles. The minimum absolute atomic E-state index is 0.305. The molecule has 3 aromatic rings. The van der Waals surface area contributed by atoms with Crippen molar-refractivity contribution in [1.82, 2.24) is 0 Å². The molecule has 0 unspecified atom stereocenters. The standard InChI is InChI=1S/C22H15ClF3N/c23-15-11-12-18-17(13-15)19-20(27(18)16-9-5-2-6-10-16)21(19,22(24,25)26)14-7-3-1-4-8-14/h1-13,19-20H/t19-,20+,21+/m0/s1. The molecule has 0 spiro atoms. The minimum Gasteiger partial charge on any atom is -0.336 e. The van der Waals surface area contributed by atoms with E-state index >= 15 is 0 Å². The van der Waals surface area contributed by atoms with Crippen LogP contribution in [-0.2, 0) is 5.41 Å². The molecule has 3 atom stereocenters. The quantitative estimate of drug-likeness (QED) is 0.489. The molecule has 0 radical (unpaired) electrons. The van der Waals surface area contributed by atoms with Crippen molar-refractivity contribution < 1.29 is 13.2 Å². The predicted octanol–water partition coefficient (Wildman–Crippen LogP) is 6.46. The summed E-state index contributed by atoms with van der Waals surface area (Å²) < 4.78 is 43.6. The molecule has 5 rings (SSSR count). The average molecular weight is 386 g/mol. The Hall–Kier alpha value is -2.46. The van der Waals surface area contributed by atoms with Gasteiger partial charge < -0.3 is 4.90 Å². The maximum absolute atomic E-state index is 14.5. The van der Waals surface area contributed by atoms with Gasteiger partial charge in [0, 0.05) is 22.3 Å². The Kier molecular flexibility index (Phi) is 3.41. The highest BCUT2D eigenvalue weighted by Gasteiger charge is 2.83. The molecule has 0 N–H and O–H groups in total. The van der Waals surface area contributed by atoms with Crippen LogP contribution in [0.5, 0.6) is 0 Å². The Bertz CT molecular complexity index is 1000. The first kappa shape index (κ1) is 16.7. The molecular weight excluding hydrogens is 371 g/mol. The number of nitrogens with zero attached hydrogens (tertiary/aromatic N) is 1. The topological polar surface area (TPSA) is 3.24 Å². The van der Waals surface area contributed by atoms with Crippen molar-refractivity contribution in [3.8, 4) is 0 Å². The lowest BCUT2D eigenvalue weighted by molar-refractivity contribution is -0.163. The summed E-state index contributed by atoms with van der Waals surface area (Å²) in [6, 6.07) is 22.0. The van der Waals surface area contributed by atoms with Gasteiger partial charge in [0.2, 0.25) is 0 Å². The first-order valence-electron chi connectivity index (χ1n) is 8.72. The highest BCUT2D eigenvalue weighted by molar-refractivity contribution is 6.30. The Labute approximate surface area is 160 Å². The number of anilines is 2. The Morgan fingerprint density at radius 1 is 0.852 bits per heavy atom. The average Bonchev–Trinajstić information content (AvgIpc) is 3.25. The van der Waals surface area contributed by atoms with Crippen molar-refractivity contribution in [3.63, 3.8) is 0 Å². The lowest BCUT2D eigenvalue weighted by Gasteiger charge is -2.32. The number of fused-ring (bicyclic) bond motifs is 3. The highest BCUT2D eigenvalue weighted by Crippen LogP contribution is 2.75. The van der Waals surface area contributed by atoms with Crippen LogP contribution in [0.15, 0.2) is 78.9 Å². The van der Waals surface area contributed by atoms with Gasteiger partial charge >= 0.3 is 6.18 Å². The van der Waals surface area contributed by atoms with Crippen LogP contribution in [-0.4, -0.2) is 12.2 Å². The van der Waals surface area contributed by atoms with Gasteiger partial charge in [-0.3, -0.25) is 0 Å². The third-order valence-electron chi connectivity index (χ3n) is 5.78. The highest BCUT2D eigenvalue weighted by atomic mass is 35.5. The van der Waals surface area contributed by atoms with Gasteiger partial charge in [-0.05, 0) is 41.5 Å². The maximum Gasteiger partial charge on any atom is 0.401 e. The molecule has 1 aliphatic carbocycles. The van der Waals surface area contributed by atoms with Gasteiger partial charge in [-0.1, -0.05) is 60.1 Å². The fraction of sp³-hybridized carbons (Fsp3) is 0.182. The molecule has 1 saturated carbocycles. The SMILES string of the molecule is FC(F)(F)[C@]1(c2ccccc2)[C@H]2c3cc(Cl)ccc3N(c3ccccc3)[C@H]21. The normalized spacial score (nSPS) is 25.9. The maximum atomic E-state index is 14.5. The van der Waals surface area contributed by atoms with E-state index in [0.29, 0.717) is 16.1 Å². The van der Waals surface area contributed by atoms with E-state index in [0.717, 1.165) is 11.4 Å². The largest absolute Gasteiger partial charge is 0.401 e. The number of hydrogen-bond donors (Lipinski definition) is 0. The molecule has 27 heavy (non-hydrogen) atoms. The molecular formula is C22H15ClF3N. The first-order valence-corrected chi connectivity index (χ1v) is 9.10. The lowest BCUT2D eigenvalue weighted by Crippen LogP contribution is -2.39. The smallest absolute Gasteiger partial charge is 0.336 e.